The molecule has 0 unspecified atom stereocenters. The van der Waals surface area contributed by atoms with E-state index in [1.807, 2.05) is 56.5 Å². The van der Waals surface area contributed by atoms with Crippen molar-refractivity contribution < 1.29 is 9.59 Å². The van der Waals surface area contributed by atoms with Crippen molar-refractivity contribution in [2.45, 2.75) is 18.7 Å². The SMILES string of the molecule is CSc1ccccc1C(=O)N(C)CC(=O)Nc1c(C)cccc1C. The summed E-state index contributed by atoms with van der Waals surface area (Å²) >= 11 is 1.52. The molecule has 0 aliphatic rings. The minimum Gasteiger partial charge on any atom is -0.332 e. The van der Waals surface area contributed by atoms with Crippen molar-refractivity contribution >= 4 is 29.3 Å². The molecule has 2 aromatic carbocycles. The molecule has 0 bridgehead atoms. The van der Waals surface area contributed by atoms with Crippen LogP contribution in [0, 0.1) is 13.8 Å². The van der Waals surface area contributed by atoms with Crippen LogP contribution in [-0.2, 0) is 4.79 Å². The summed E-state index contributed by atoms with van der Waals surface area (Å²) in [5, 5.41) is 2.91. The number of para-hydroxylation sites is 1. The van der Waals surface area contributed by atoms with Crippen molar-refractivity contribution in [1.82, 2.24) is 4.90 Å². The first-order valence-electron chi connectivity index (χ1n) is 7.68. The molecule has 2 amide bonds. The quantitative estimate of drug-likeness (QED) is 0.842. The first-order valence-corrected chi connectivity index (χ1v) is 8.91. The van der Waals surface area contributed by atoms with Crippen molar-refractivity contribution in [3.63, 3.8) is 0 Å². The molecule has 0 atom stereocenters. The third kappa shape index (κ3) is 4.17. The molecule has 0 aromatic heterocycles. The second kappa shape index (κ2) is 8.02. The zero-order valence-electron chi connectivity index (χ0n) is 14.4. The zero-order chi connectivity index (χ0) is 17.7. The van der Waals surface area contributed by atoms with Gasteiger partial charge in [-0.2, -0.15) is 0 Å². The van der Waals surface area contributed by atoms with Crippen molar-refractivity contribution in [2.75, 3.05) is 25.2 Å². The zero-order valence-corrected chi connectivity index (χ0v) is 15.2. The van der Waals surface area contributed by atoms with Gasteiger partial charge in [0.25, 0.3) is 5.91 Å². The van der Waals surface area contributed by atoms with Crippen LogP contribution in [0.3, 0.4) is 0 Å². The number of rotatable bonds is 5. The molecule has 0 heterocycles. The van der Waals surface area contributed by atoms with Gasteiger partial charge in [0.05, 0.1) is 12.1 Å². The highest BCUT2D eigenvalue weighted by molar-refractivity contribution is 7.98. The van der Waals surface area contributed by atoms with Crippen LogP contribution in [0.25, 0.3) is 0 Å². The lowest BCUT2D eigenvalue weighted by Gasteiger charge is -2.19. The number of benzene rings is 2. The number of thioether (sulfide) groups is 1. The van der Waals surface area contributed by atoms with Gasteiger partial charge in [-0.15, -0.1) is 11.8 Å². The fraction of sp³-hybridized carbons (Fsp3) is 0.263. The molecule has 24 heavy (non-hydrogen) atoms. The van der Waals surface area contributed by atoms with Gasteiger partial charge in [-0.3, -0.25) is 9.59 Å². The summed E-state index contributed by atoms with van der Waals surface area (Å²) in [7, 11) is 1.64. The predicted molar refractivity (Wildman–Crippen MR) is 99.7 cm³/mol. The lowest BCUT2D eigenvalue weighted by atomic mass is 10.1. The van der Waals surface area contributed by atoms with E-state index in [4.69, 9.17) is 0 Å². The summed E-state index contributed by atoms with van der Waals surface area (Å²) in [6.45, 7) is 3.91. The number of carbonyl (C=O) groups excluding carboxylic acids is 2. The van der Waals surface area contributed by atoms with Gasteiger partial charge < -0.3 is 10.2 Å². The smallest absolute Gasteiger partial charge is 0.255 e. The molecule has 126 valence electrons. The Morgan fingerprint density at radius 3 is 2.29 bits per heavy atom. The minimum atomic E-state index is -0.204. The Morgan fingerprint density at radius 2 is 1.67 bits per heavy atom. The summed E-state index contributed by atoms with van der Waals surface area (Å²) < 4.78 is 0. The number of nitrogens with zero attached hydrogens (tertiary/aromatic N) is 1. The summed E-state index contributed by atoms with van der Waals surface area (Å²) in [5.74, 6) is -0.360. The highest BCUT2D eigenvalue weighted by atomic mass is 32.2. The first kappa shape index (κ1) is 18.1. The molecule has 1 N–H and O–H groups in total. The van der Waals surface area contributed by atoms with Crippen LogP contribution in [0.5, 0.6) is 0 Å². The van der Waals surface area contributed by atoms with Crippen molar-refractivity contribution in [3.05, 3.63) is 59.2 Å². The molecule has 4 nitrogen and oxygen atoms in total. The Labute approximate surface area is 147 Å². The first-order chi connectivity index (χ1) is 11.4. The number of aryl methyl sites for hydroxylation is 2. The van der Waals surface area contributed by atoms with E-state index in [1.54, 1.807) is 13.1 Å². The number of nitrogens with one attached hydrogen (secondary N) is 1. The van der Waals surface area contributed by atoms with Crippen molar-refractivity contribution in [1.29, 1.82) is 0 Å². The van der Waals surface area contributed by atoms with Gasteiger partial charge in [0.1, 0.15) is 0 Å². The van der Waals surface area contributed by atoms with E-state index < -0.39 is 0 Å². The fourth-order valence-corrected chi connectivity index (χ4v) is 3.09. The molecule has 5 heteroatoms. The maximum atomic E-state index is 12.6. The maximum absolute atomic E-state index is 12.6. The number of likely N-dealkylation sites (N-methyl/N-ethyl adjacent to an activating group) is 1. The predicted octanol–water partition coefficient (Wildman–Crippen LogP) is 3.74. The highest BCUT2D eigenvalue weighted by Gasteiger charge is 2.18. The van der Waals surface area contributed by atoms with Crippen LogP contribution in [0.1, 0.15) is 21.5 Å². The van der Waals surface area contributed by atoms with E-state index in [1.165, 1.54) is 16.7 Å². The largest absolute Gasteiger partial charge is 0.332 e. The summed E-state index contributed by atoms with van der Waals surface area (Å²) in [4.78, 5) is 27.2. The number of amides is 2. The Morgan fingerprint density at radius 1 is 1.04 bits per heavy atom. The summed E-state index contributed by atoms with van der Waals surface area (Å²) in [6, 6.07) is 13.3. The average molecular weight is 342 g/mol. The van der Waals surface area contributed by atoms with E-state index >= 15 is 0 Å². The molecule has 0 spiro atoms. The average Bonchev–Trinajstić information content (AvgIpc) is 2.57. The van der Waals surface area contributed by atoms with E-state index in [0.29, 0.717) is 5.56 Å². The standard InChI is InChI=1S/C19H22N2O2S/c1-13-8-7-9-14(2)18(13)20-17(22)12-21(3)19(23)15-10-5-6-11-16(15)24-4/h5-11H,12H2,1-4H3,(H,20,22). The Bertz CT molecular complexity index is 739. The van der Waals surface area contributed by atoms with E-state index in [-0.39, 0.29) is 18.4 Å². The molecular formula is C19H22N2O2S. The van der Waals surface area contributed by atoms with Crippen LogP contribution < -0.4 is 5.32 Å². The number of anilines is 1. The van der Waals surface area contributed by atoms with Gasteiger partial charge in [-0.25, -0.2) is 0 Å². The summed E-state index contributed by atoms with van der Waals surface area (Å²) in [6.07, 6.45) is 1.93. The molecule has 0 saturated heterocycles. The van der Waals surface area contributed by atoms with Gasteiger partial charge >= 0.3 is 0 Å². The molecule has 0 fully saturated rings. The second-order valence-electron chi connectivity index (χ2n) is 5.68. The topological polar surface area (TPSA) is 49.4 Å². The van der Waals surface area contributed by atoms with Crippen LogP contribution in [0.15, 0.2) is 47.4 Å². The third-order valence-corrected chi connectivity index (χ3v) is 4.61. The number of hydrogen-bond acceptors (Lipinski definition) is 3. The number of carbonyl (C=O) groups is 2. The Hall–Kier alpha value is -2.27. The lowest BCUT2D eigenvalue weighted by Crippen LogP contribution is -2.35. The van der Waals surface area contributed by atoms with Crippen LogP contribution in [-0.4, -0.2) is 36.6 Å². The monoisotopic (exact) mass is 342 g/mol. The minimum absolute atomic E-state index is 0.00925. The van der Waals surface area contributed by atoms with Gasteiger partial charge in [0.15, 0.2) is 0 Å². The number of hydrogen-bond donors (Lipinski definition) is 1. The molecule has 2 rings (SSSR count). The third-order valence-electron chi connectivity index (χ3n) is 3.81. The highest BCUT2D eigenvalue weighted by Crippen LogP contribution is 2.22. The molecule has 2 aromatic rings. The fourth-order valence-electron chi connectivity index (χ4n) is 2.50. The molecule has 0 saturated carbocycles. The molecular weight excluding hydrogens is 320 g/mol. The van der Waals surface area contributed by atoms with Crippen LogP contribution in [0.4, 0.5) is 5.69 Å². The van der Waals surface area contributed by atoms with Gasteiger partial charge in [-0.1, -0.05) is 30.3 Å². The summed E-state index contributed by atoms with van der Waals surface area (Å²) in [5.41, 5.74) is 3.44. The van der Waals surface area contributed by atoms with Crippen molar-refractivity contribution in [3.8, 4) is 0 Å². The van der Waals surface area contributed by atoms with Gasteiger partial charge in [-0.05, 0) is 43.4 Å². The van der Waals surface area contributed by atoms with Crippen LogP contribution in [0.2, 0.25) is 0 Å². The second-order valence-corrected chi connectivity index (χ2v) is 6.52. The van der Waals surface area contributed by atoms with Gasteiger partial charge in [0, 0.05) is 17.6 Å². The Balaban J connectivity index is 2.07. The van der Waals surface area contributed by atoms with E-state index in [0.717, 1.165) is 21.7 Å². The molecule has 0 radical (unpaired) electrons. The Kier molecular flexibility index (Phi) is 6.04. The van der Waals surface area contributed by atoms with Gasteiger partial charge in [0.2, 0.25) is 5.91 Å². The lowest BCUT2D eigenvalue weighted by molar-refractivity contribution is -0.116. The van der Waals surface area contributed by atoms with E-state index in [2.05, 4.69) is 5.32 Å². The maximum Gasteiger partial charge on any atom is 0.255 e. The van der Waals surface area contributed by atoms with Crippen molar-refractivity contribution in [2.24, 2.45) is 0 Å². The normalized spacial score (nSPS) is 10.3. The van der Waals surface area contributed by atoms with Crippen LogP contribution >= 0.6 is 11.8 Å². The molecule has 0 aliphatic carbocycles. The van der Waals surface area contributed by atoms with E-state index in [9.17, 15) is 9.59 Å². The molecule has 0 aliphatic heterocycles.